The van der Waals surface area contributed by atoms with Crippen LogP contribution >= 0.6 is 11.3 Å². The van der Waals surface area contributed by atoms with Crippen LogP contribution in [-0.2, 0) is 6.42 Å². The van der Waals surface area contributed by atoms with E-state index < -0.39 is 0 Å². The van der Waals surface area contributed by atoms with Crippen molar-refractivity contribution in [2.75, 3.05) is 6.54 Å². The molecule has 0 fully saturated rings. The van der Waals surface area contributed by atoms with Gasteiger partial charge in [-0.15, -0.1) is 11.3 Å². The molecule has 1 heterocycles. The lowest BCUT2D eigenvalue weighted by molar-refractivity contribution is 0.524. The van der Waals surface area contributed by atoms with Crippen molar-refractivity contribution in [3.8, 4) is 0 Å². The smallest absolute Gasteiger partial charge is 0.109 e. The van der Waals surface area contributed by atoms with Crippen LogP contribution in [0.15, 0.2) is 6.20 Å². The number of nitrogens with one attached hydrogen (secondary N) is 1. The van der Waals surface area contributed by atoms with E-state index in [2.05, 4.69) is 31.1 Å². The molecule has 0 aliphatic carbocycles. The normalized spacial score (nSPS) is 15.0. The number of nitrogens with two attached hydrogens (primary N) is 1. The van der Waals surface area contributed by atoms with Gasteiger partial charge < -0.3 is 11.1 Å². The Morgan fingerprint density at radius 2 is 2.25 bits per heavy atom. The Morgan fingerprint density at radius 3 is 2.81 bits per heavy atom. The molecule has 1 rings (SSSR count). The molecular formula is C12H23N3S. The molecule has 0 spiro atoms. The Bertz CT molecular complexity index is 296. The van der Waals surface area contributed by atoms with Gasteiger partial charge in [0, 0.05) is 17.1 Å². The second kappa shape index (κ2) is 6.99. The highest BCUT2D eigenvalue weighted by Crippen LogP contribution is 2.20. The van der Waals surface area contributed by atoms with E-state index in [0.717, 1.165) is 25.8 Å². The number of hydrogen-bond acceptors (Lipinski definition) is 4. The minimum atomic E-state index is 0.309. The quantitative estimate of drug-likeness (QED) is 0.721. The number of aryl methyl sites for hydroxylation is 1. The SMILES string of the molecule is CCc1cnc(C(C)NCCCC(C)N)s1. The van der Waals surface area contributed by atoms with Gasteiger partial charge >= 0.3 is 0 Å². The first-order valence-electron chi connectivity index (χ1n) is 6.07. The van der Waals surface area contributed by atoms with Gasteiger partial charge in [-0.1, -0.05) is 6.92 Å². The molecule has 3 nitrogen and oxygen atoms in total. The van der Waals surface area contributed by atoms with E-state index in [1.54, 1.807) is 0 Å². The van der Waals surface area contributed by atoms with Crippen LogP contribution in [0.4, 0.5) is 0 Å². The van der Waals surface area contributed by atoms with Crippen molar-refractivity contribution >= 4 is 11.3 Å². The Morgan fingerprint density at radius 1 is 1.50 bits per heavy atom. The molecule has 2 unspecified atom stereocenters. The predicted octanol–water partition coefficient (Wildman–Crippen LogP) is 2.48. The predicted molar refractivity (Wildman–Crippen MR) is 70.8 cm³/mol. The van der Waals surface area contributed by atoms with E-state index in [9.17, 15) is 0 Å². The number of aromatic nitrogens is 1. The zero-order valence-corrected chi connectivity index (χ0v) is 11.3. The number of thiazole rings is 1. The van der Waals surface area contributed by atoms with Crippen molar-refractivity contribution in [1.82, 2.24) is 10.3 Å². The molecule has 0 aliphatic heterocycles. The maximum Gasteiger partial charge on any atom is 0.109 e. The van der Waals surface area contributed by atoms with Gasteiger partial charge in [0.05, 0.1) is 6.04 Å². The molecule has 2 atom stereocenters. The van der Waals surface area contributed by atoms with Crippen molar-refractivity contribution in [3.63, 3.8) is 0 Å². The van der Waals surface area contributed by atoms with Crippen LogP contribution in [0.1, 0.15) is 49.5 Å². The Balaban J connectivity index is 2.26. The average Bonchev–Trinajstić information content (AvgIpc) is 2.72. The summed E-state index contributed by atoms with van der Waals surface area (Å²) in [6, 6.07) is 0.669. The first-order chi connectivity index (χ1) is 7.63. The number of nitrogens with zero attached hydrogens (tertiary/aromatic N) is 1. The first kappa shape index (κ1) is 13.6. The summed E-state index contributed by atoms with van der Waals surface area (Å²) >= 11 is 1.81. The molecule has 0 radical (unpaired) electrons. The molecule has 16 heavy (non-hydrogen) atoms. The molecule has 0 saturated heterocycles. The van der Waals surface area contributed by atoms with Crippen LogP contribution in [0.3, 0.4) is 0 Å². The summed E-state index contributed by atoms with van der Waals surface area (Å²) in [7, 11) is 0. The van der Waals surface area contributed by atoms with E-state index in [4.69, 9.17) is 5.73 Å². The maximum atomic E-state index is 5.70. The van der Waals surface area contributed by atoms with Crippen LogP contribution in [0.5, 0.6) is 0 Å². The van der Waals surface area contributed by atoms with Crippen molar-refractivity contribution in [2.24, 2.45) is 5.73 Å². The van der Waals surface area contributed by atoms with E-state index in [1.165, 1.54) is 9.88 Å². The fraction of sp³-hybridized carbons (Fsp3) is 0.750. The molecule has 3 N–H and O–H groups in total. The van der Waals surface area contributed by atoms with Crippen LogP contribution in [0.2, 0.25) is 0 Å². The van der Waals surface area contributed by atoms with Gasteiger partial charge in [0.2, 0.25) is 0 Å². The fourth-order valence-electron chi connectivity index (χ4n) is 1.52. The minimum Gasteiger partial charge on any atom is -0.328 e. The molecule has 0 aromatic carbocycles. The molecule has 0 aliphatic rings. The highest BCUT2D eigenvalue weighted by atomic mass is 32.1. The summed E-state index contributed by atoms with van der Waals surface area (Å²) in [5.74, 6) is 0. The topological polar surface area (TPSA) is 50.9 Å². The third-order valence-electron chi connectivity index (χ3n) is 2.58. The van der Waals surface area contributed by atoms with E-state index in [-0.39, 0.29) is 0 Å². The van der Waals surface area contributed by atoms with E-state index in [1.807, 2.05) is 17.5 Å². The van der Waals surface area contributed by atoms with Crippen molar-refractivity contribution in [1.29, 1.82) is 0 Å². The number of rotatable bonds is 7. The third kappa shape index (κ3) is 4.60. The summed E-state index contributed by atoms with van der Waals surface area (Å²) in [5, 5.41) is 4.68. The summed E-state index contributed by atoms with van der Waals surface area (Å²) in [5.41, 5.74) is 5.70. The molecule has 4 heteroatoms. The zero-order valence-electron chi connectivity index (χ0n) is 10.5. The van der Waals surface area contributed by atoms with Crippen LogP contribution < -0.4 is 11.1 Å². The highest BCUT2D eigenvalue weighted by molar-refractivity contribution is 7.11. The van der Waals surface area contributed by atoms with E-state index >= 15 is 0 Å². The third-order valence-corrected chi connectivity index (χ3v) is 3.90. The standard InChI is InChI=1S/C12H23N3S/c1-4-11-8-15-12(16-11)10(3)14-7-5-6-9(2)13/h8-10,14H,4-7,13H2,1-3H3. The molecule has 92 valence electrons. The van der Waals surface area contributed by atoms with E-state index in [0.29, 0.717) is 12.1 Å². The second-order valence-electron chi connectivity index (χ2n) is 4.31. The Hall–Kier alpha value is -0.450. The lowest BCUT2D eigenvalue weighted by atomic mass is 10.2. The molecule has 0 bridgehead atoms. The summed E-state index contributed by atoms with van der Waals surface area (Å²) in [6.45, 7) is 7.41. The summed E-state index contributed by atoms with van der Waals surface area (Å²) in [4.78, 5) is 5.79. The van der Waals surface area contributed by atoms with Crippen LogP contribution in [0, 0.1) is 0 Å². The van der Waals surface area contributed by atoms with Gasteiger partial charge in [-0.3, -0.25) is 0 Å². The maximum absolute atomic E-state index is 5.70. The van der Waals surface area contributed by atoms with Gasteiger partial charge in [0.15, 0.2) is 0 Å². The first-order valence-corrected chi connectivity index (χ1v) is 6.88. The summed E-state index contributed by atoms with van der Waals surface area (Å²) in [6.07, 6.45) is 5.28. The average molecular weight is 241 g/mol. The van der Waals surface area contributed by atoms with Gasteiger partial charge in [-0.05, 0) is 39.7 Å². The lowest BCUT2D eigenvalue weighted by Crippen LogP contribution is -2.22. The van der Waals surface area contributed by atoms with Gasteiger partial charge in [0.25, 0.3) is 0 Å². The number of hydrogen-bond donors (Lipinski definition) is 2. The Labute approximate surface area is 102 Å². The molecule has 1 aromatic heterocycles. The van der Waals surface area contributed by atoms with Crippen molar-refractivity contribution in [2.45, 2.75) is 52.1 Å². The van der Waals surface area contributed by atoms with Gasteiger partial charge in [-0.2, -0.15) is 0 Å². The van der Waals surface area contributed by atoms with Crippen molar-refractivity contribution in [3.05, 3.63) is 16.1 Å². The molecule has 1 aromatic rings. The fourth-order valence-corrected chi connectivity index (χ4v) is 2.40. The van der Waals surface area contributed by atoms with Crippen molar-refractivity contribution < 1.29 is 0 Å². The minimum absolute atomic E-state index is 0.309. The Kier molecular flexibility index (Phi) is 5.95. The summed E-state index contributed by atoms with van der Waals surface area (Å²) < 4.78 is 0. The molecular weight excluding hydrogens is 218 g/mol. The second-order valence-corrected chi connectivity index (χ2v) is 5.46. The zero-order chi connectivity index (χ0) is 12.0. The van der Waals surface area contributed by atoms with Gasteiger partial charge in [-0.25, -0.2) is 4.98 Å². The largest absolute Gasteiger partial charge is 0.328 e. The van der Waals surface area contributed by atoms with Crippen LogP contribution in [-0.4, -0.2) is 17.6 Å². The highest BCUT2D eigenvalue weighted by Gasteiger charge is 2.08. The van der Waals surface area contributed by atoms with Gasteiger partial charge in [0.1, 0.15) is 5.01 Å². The molecule has 0 saturated carbocycles. The monoisotopic (exact) mass is 241 g/mol. The molecule has 0 amide bonds. The van der Waals surface area contributed by atoms with Crippen LogP contribution in [0.25, 0.3) is 0 Å². The lowest BCUT2D eigenvalue weighted by Gasteiger charge is -2.11.